The van der Waals surface area contributed by atoms with Gasteiger partial charge in [0.05, 0.1) is 10.9 Å². The Morgan fingerprint density at radius 1 is 1.02 bits per heavy atom. The van der Waals surface area contributed by atoms with Crippen molar-refractivity contribution in [1.82, 2.24) is 25.2 Å². The van der Waals surface area contributed by atoms with Crippen molar-refractivity contribution in [3.63, 3.8) is 0 Å². The van der Waals surface area contributed by atoms with Crippen LogP contribution >= 0.6 is 0 Å². The van der Waals surface area contributed by atoms with Crippen molar-refractivity contribution in [2.45, 2.75) is 37.9 Å². The molecule has 40 heavy (non-hydrogen) atoms. The highest BCUT2D eigenvalue weighted by molar-refractivity contribution is 5.89. The lowest BCUT2D eigenvalue weighted by Crippen LogP contribution is -2.28. The van der Waals surface area contributed by atoms with Crippen LogP contribution in [0.5, 0.6) is 11.6 Å². The van der Waals surface area contributed by atoms with Gasteiger partial charge in [-0.25, -0.2) is 14.8 Å². The van der Waals surface area contributed by atoms with Crippen molar-refractivity contribution in [2.75, 3.05) is 25.5 Å². The molecule has 0 aliphatic carbocycles. The second-order valence-electron chi connectivity index (χ2n) is 9.87. The number of hydrogen-bond acceptors (Lipinski definition) is 6. The van der Waals surface area contributed by atoms with Gasteiger partial charge in [0.2, 0.25) is 5.88 Å². The number of benzene rings is 2. The maximum absolute atomic E-state index is 12.6. The number of amides is 2. The summed E-state index contributed by atoms with van der Waals surface area (Å²) in [5, 5.41) is 6.09. The summed E-state index contributed by atoms with van der Waals surface area (Å²) >= 11 is 0. The third-order valence-corrected chi connectivity index (χ3v) is 6.94. The third kappa shape index (κ3) is 6.84. The topological polar surface area (TPSA) is 92.3 Å². The van der Waals surface area contributed by atoms with E-state index < -0.39 is 17.9 Å². The van der Waals surface area contributed by atoms with Crippen LogP contribution in [0, 0.1) is 0 Å². The van der Waals surface area contributed by atoms with Gasteiger partial charge in [-0.1, -0.05) is 12.1 Å². The smallest absolute Gasteiger partial charge is 0.433 e. The summed E-state index contributed by atoms with van der Waals surface area (Å²) in [7, 11) is 2.17. The quantitative estimate of drug-likeness (QED) is 0.290. The first kappa shape index (κ1) is 27.3. The first-order valence-corrected chi connectivity index (χ1v) is 13.0. The number of alkyl halides is 3. The monoisotopic (exact) mass is 550 g/mol. The van der Waals surface area contributed by atoms with Crippen LogP contribution in [0.3, 0.4) is 0 Å². The predicted octanol–water partition coefficient (Wildman–Crippen LogP) is 6.36. The number of fused-ring (bicyclic) bond motifs is 1. The van der Waals surface area contributed by atoms with E-state index in [2.05, 4.69) is 49.7 Å². The number of likely N-dealkylation sites (tertiary alicyclic amines) is 1. The summed E-state index contributed by atoms with van der Waals surface area (Å²) in [6.07, 6.45) is 1.54. The zero-order chi connectivity index (χ0) is 28.1. The zero-order valence-corrected chi connectivity index (χ0v) is 21.9. The van der Waals surface area contributed by atoms with Crippen molar-refractivity contribution >= 4 is 22.6 Å². The van der Waals surface area contributed by atoms with Crippen LogP contribution in [0.25, 0.3) is 10.9 Å². The zero-order valence-electron chi connectivity index (χ0n) is 21.9. The summed E-state index contributed by atoms with van der Waals surface area (Å²) < 4.78 is 43.9. The van der Waals surface area contributed by atoms with E-state index in [-0.39, 0.29) is 6.54 Å². The molecular formula is C29H29F3N6O2. The van der Waals surface area contributed by atoms with E-state index in [1.165, 1.54) is 24.4 Å². The molecule has 0 saturated carbocycles. The van der Waals surface area contributed by atoms with Gasteiger partial charge >= 0.3 is 12.2 Å². The van der Waals surface area contributed by atoms with E-state index in [1.54, 1.807) is 24.3 Å². The molecule has 1 atom stereocenters. The fraction of sp³-hybridized carbons (Fsp3) is 0.310. The number of urea groups is 1. The number of anilines is 1. The van der Waals surface area contributed by atoms with Gasteiger partial charge in [-0.3, -0.25) is 4.98 Å². The van der Waals surface area contributed by atoms with Crippen LogP contribution in [0.4, 0.5) is 23.7 Å². The highest BCUT2D eigenvalue weighted by atomic mass is 19.4. The molecule has 0 spiro atoms. The van der Waals surface area contributed by atoms with E-state index in [4.69, 9.17) is 4.74 Å². The van der Waals surface area contributed by atoms with Gasteiger partial charge in [0.1, 0.15) is 17.8 Å². The average molecular weight is 551 g/mol. The number of rotatable bonds is 6. The molecule has 2 N–H and O–H groups in total. The van der Waals surface area contributed by atoms with Crippen molar-refractivity contribution in [3.05, 3.63) is 83.9 Å². The minimum Gasteiger partial charge on any atom is -0.438 e. The van der Waals surface area contributed by atoms with Crippen LogP contribution in [0.2, 0.25) is 0 Å². The molecule has 2 aromatic carbocycles. The Morgan fingerprint density at radius 2 is 1.85 bits per heavy atom. The minimum atomic E-state index is -4.50. The Labute approximate surface area is 229 Å². The van der Waals surface area contributed by atoms with E-state index in [1.807, 2.05) is 6.07 Å². The first-order chi connectivity index (χ1) is 19.2. The highest BCUT2D eigenvalue weighted by Crippen LogP contribution is 2.33. The largest absolute Gasteiger partial charge is 0.438 e. The Kier molecular flexibility index (Phi) is 8.11. The Hall–Kier alpha value is -4.25. The number of pyridine rings is 1. The molecule has 1 fully saturated rings. The highest BCUT2D eigenvalue weighted by Gasteiger charge is 2.32. The summed E-state index contributed by atoms with van der Waals surface area (Å²) in [5.74, 6) is 1.50. The number of nitrogens with one attached hydrogen (secondary N) is 2. The first-order valence-electron chi connectivity index (χ1n) is 13.0. The molecule has 4 aromatic rings. The number of aromatic nitrogens is 3. The number of carbonyl (C=O) groups excluding carboxylic acids is 1. The molecule has 1 saturated heterocycles. The molecule has 1 aliphatic heterocycles. The normalized spacial score (nSPS) is 16.4. The molecule has 2 amide bonds. The predicted molar refractivity (Wildman–Crippen MR) is 145 cm³/mol. The van der Waals surface area contributed by atoms with Crippen LogP contribution in [0.1, 0.15) is 42.0 Å². The molecule has 1 unspecified atom stereocenters. The van der Waals surface area contributed by atoms with Gasteiger partial charge in [0, 0.05) is 18.4 Å². The third-order valence-electron chi connectivity index (χ3n) is 6.94. The minimum absolute atomic E-state index is 0.0263. The van der Waals surface area contributed by atoms with E-state index in [0.717, 1.165) is 49.1 Å². The lowest BCUT2D eigenvalue weighted by atomic mass is 9.91. The van der Waals surface area contributed by atoms with Gasteiger partial charge in [-0.15, -0.1) is 0 Å². The second kappa shape index (κ2) is 11.9. The summed E-state index contributed by atoms with van der Waals surface area (Å²) in [4.78, 5) is 26.8. The molecule has 8 nitrogen and oxygen atoms in total. The molecule has 1 aliphatic rings. The molecule has 0 bridgehead atoms. The van der Waals surface area contributed by atoms with Crippen LogP contribution < -0.4 is 15.4 Å². The van der Waals surface area contributed by atoms with Crippen molar-refractivity contribution in [3.8, 4) is 11.6 Å². The van der Waals surface area contributed by atoms with Crippen molar-refractivity contribution in [2.24, 2.45) is 0 Å². The molecule has 5 rings (SSSR count). The summed E-state index contributed by atoms with van der Waals surface area (Å²) in [6, 6.07) is 14.7. The maximum Gasteiger partial charge on any atom is 0.433 e. The number of ether oxygens (including phenoxy) is 1. The average Bonchev–Trinajstić information content (AvgIpc) is 3.17. The van der Waals surface area contributed by atoms with Gasteiger partial charge in [0.25, 0.3) is 0 Å². The lowest BCUT2D eigenvalue weighted by Gasteiger charge is -2.16. The van der Waals surface area contributed by atoms with Crippen molar-refractivity contribution < 1.29 is 22.7 Å². The SMILES string of the molecule is CN1CCCC(c2ccc3c(Oc4ccc(NC(=O)NCc5ccc(C(F)(F)F)nc5)cc4)ncnc3c2)CC1. The molecular weight excluding hydrogens is 521 g/mol. The van der Waals surface area contributed by atoms with Crippen LogP contribution in [-0.2, 0) is 12.7 Å². The molecule has 0 radical (unpaired) electrons. The van der Waals surface area contributed by atoms with Gasteiger partial charge < -0.3 is 20.3 Å². The second-order valence-corrected chi connectivity index (χ2v) is 9.87. The summed E-state index contributed by atoms with van der Waals surface area (Å²) in [5.41, 5.74) is 2.10. The van der Waals surface area contributed by atoms with Gasteiger partial charge in [-0.2, -0.15) is 13.2 Å². The Balaban J connectivity index is 1.18. The standard InChI is InChI=1S/C29H29F3N6O2/c1-38-13-2-3-20(12-14-38)21-5-10-24-25(15-21)35-18-36-27(24)40-23-8-6-22(7-9-23)37-28(39)34-17-19-4-11-26(33-16-19)29(30,31)32/h4-11,15-16,18,20H,2-3,12-14,17H2,1H3,(H2,34,37,39). The summed E-state index contributed by atoms with van der Waals surface area (Å²) in [6.45, 7) is 2.24. The number of nitrogens with zero attached hydrogens (tertiary/aromatic N) is 4. The molecule has 208 valence electrons. The fourth-order valence-corrected chi connectivity index (χ4v) is 4.73. The molecule has 3 heterocycles. The molecule has 2 aromatic heterocycles. The van der Waals surface area contributed by atoms with E-state index in [0.29, 0.717) is 28.8 Å². The van der Waals surface area contributed by atoms with E-state index in [9.17, 15) is 18.0 Å². The lowest BCUT2D eigenvalue weighted by molar-refractivity contribution is -0.141. The van der Waals surface area contributed by atoms with Crippen LogP contribution in [-0.4, -0.2) is 46.0 Å². The van der Waals surface area contributed by atoms with E-state index >= 15 is 0 Å². The van der Waals surface area contributed by atoms with Crippen molar-refractivity contribution in [1.29, 1.82) is 0 Å². The van der Waals surface area contributed by atoms with Crippen LogP contribution in [0.15, 0.2) is 67.1 Å². The fourth-order valence-electron chi connectivity index (χ4n) is 4.73. The van der Waals surface area contributed by atoms with Gasteiger partial charge in [0.15, 0.2) is 0 Å². The number of hydrogen-bond donors (Lipinski definition) is 2. The van der Waals surface area contributed by atoms with Gasteiger partial charge in [-0.05, 0) is 98.9 Å². The molecule has 11 heteroatoms. The Morgan fingerprint density at radius 3 is 2.60 bits per heavy atom. The number of carbonyl (C=O) groups is 1. The number of halogens is 3. The maximum atomic E-state index is 12.6. The Bertz CT molecular complexity index is 1460.